The molecule has 2 rings (SSSR count). The summed E-state index contributed by atoms with van der Waals surface area (Å²) in [6, 6.07) is 1.73. The van der Waals surface area contributed by atoms with E-state index in [2.05, 4.69) is 0 Å². The second-order valence-corrected chi connectivity index (χ2v) is 8.05. The Kier molecular flexibility index (Phi) is 3.51. The third-order valence-corrected chi connectivity index (χ3v) is 7.19. The standard InChI is InChI=1S/C12H17NO3S2/c1-4-13(9(3)14)11-7-8(2)18(15,16)12-10(11)5-6-17-12/h5-6,8,11H,4,7H2,1-3H3/t8-,11-/m0/s1. The molecule has 2 heterocycles. The van der Waals surface area contributed by atoms with E-state index in [-0.39, 0.29) is 11.9 Å². The molecular formula is C12H17NO3S2. The smallest absolute Gasteiger partial charge is 0.219 e. The van der Waals surface area contributed by atoms with E-state index in [1.807, 2.05) is 13.0 Å². The first-order valence-corrected chi connectivity index (χ1v) is 8.40. The van der Waals surface area contributed by atoms with Crippen molar-refractivity contribution in [3.8, 4) is 0 Å². The van der Waals surface area contributed by atoms with E-state index >= 15 is 0 Å². The lowest BCUT2D eigenvalue weighted by atomic mass is 10.0. The van der Waals surface area contributed by atoms with E-state index < -0.39 is 15.1 Å². The predicted molar refractivity (Wildman–Crippen MR) is 71.4 cm³/mol. The van der Waals surface area contributed by atoms with Gasteiger partial charge in [-0.15, -0.1) is 11.3 Å². The van der Waals surface area contributed by atoms with Crippen LogP contribution < -0.4 is 0 Å². The molecule has 0 saturated heterocycles. The number of nitrogens with zero attached hydrogens (tertiary/aromatic N) is 1. The van der Waals surface area contributed by atoms with Crippen LogP contribution in [0.3, 0.4) is 0 Å². The molecular weight excluding hydrogens is 270 g/mol. The summed E-state index contributed by atoms with van der Waals surface area (Å²) in [7, 11) is -3.20. The zero-order chi connectivity index (χ0) is 13.5. The fourth-order valence-electron chi connectivity index (χ4n) is 2.49. The molecule has 0 N–H and O–H groups in total. The van der Waals surface area contributed by atoms with Crippen molar-refractivity contribution in [2.45, 2.75) is 42.7 Å². The minimum Gasteiger partial charge on any atom is -0.336 e. The van der Waals surface area contributed by atoms with E-state index in [0.29, 0.717) is 17.2 Å². The van der Waals surface area contributed by atoms with Crippen LogP contribution in [0, 0.1) is 0 Å². The van der Waals surface area contributed by atoms with Crippen molar-refractivity contribution in [3.63, 3.8) is 0 Å². The fourth-order valence-corrected chi connectivity index (χ4v) is 5.70. The summed E-state index contributed by atoms with van der Waals surface area (Å²) in [6.07, 6.45) is 0.486. The van der Waals surface area contributed by atoms with Crippen molar-refractivity contribution in [2.75, 3.05) is 6.54 Å². The van der Waals surface area contributed by atoms with Crippen LogP contribution in [0.5, 0.6) is 0 Å². The van der Waals surface area contributed by atoms with Crippen LogP contribution in [0.2, 0.25) is 0 Å². The average molecular weight is 287 g/mol. The molecule has 0 saturated carbocycles. The first-order valence-electron chi connectivity index (χ1n) is 5.98. The van der Waals surface area contributed by atoms with Gasteiger partial charge in [-0.25, -0.2) is 8.42 Å². The number of amides is 1. The Morgan fingerprint density at radius 3 is 2.78 bits per heavy atom. The van der Waals surface area contributed by atoms with Crippen molar-refractivity contribution in [2.24, 2.45) is 0 Å². The largest absolute Gasteiger partial charge is 0.336 e. The highest BCUT2D eigenvalue weighted by Gasteiger charge is 2.39. The van der Waals surface area contributed by atoms with Gasteiger partial charge in [0, 0.05) is 19.0 Å². The summed E-state index contributed by atoms with van der Waals surface area (Å²) < 4.78 is 24.8. The quantitative estimate of drug-likeness (QED) is 0.838. The Hall–Kier alpha value is -0.880. The molecule has 2 atom stereocenters. The third-order valence-electron chi connectivity index (χ3n) is 3.48. The molecule has 1 aliphatic heterocycles. The molecule has 6 heteroatoms. The second-order valence-electron chi connectivity index (χ2n) is 4.58. The molecule has 0 aromatic carbocycles. The van der Waals surface area contributed by atoms with Crippen molar-refractivity contribution in [1.29, 1.82) is 0 Å². The number of sulfone groups is 1. The molecule has 0 spiro atoms. The highest BCUT2D eigenvalue weighted by atomic mass is 32.2. The number of carbonyl (C=O) groups is 1. The van der Waals surface area contributed by atoms with Crippen LogP contribution in [0.4, 0.5) is 0 Å². The van der Waals surface area contributed by atoms with Crippen LogP contribution in [0.25, 0.3) is 0 Å². The molecule has 0 bridgehead atoms. The van der Waals surface area contributed by atoms with Gasteiger partial charge in [-0.2, -0.15) is 0 Å². The lowest BCUT2D eigenvalue weighted by molar-refractivity contribution is -0.131. The molecule has 4 nitrogen and oxygen atoms in total. The third kappa shape index (κ3) is 1.97. The van der Waals surface area contributed by atoms with E-state index in [9.17, 15) is 13.2 Å². The van der Waals surface area contributed by atoms with Gasteiger partial charge >= 0.3 is 0 Å². The maximum Gasteiger partial charge on any atom is 0.219 e. The Morgan fingerprint density at radius 1 is 1.56 bits per heavy atom. The van der Waals surface area contributed by atoms with E-state index in [1.165, 1.54) is 18.3 Å². The van der Waals surface area contributed by atoms with Gasteiger partial charge in [-0.1, -0.05) is 0 Å². The number of thiophene rings is 1. The average Bonchev–Trinajstić information content (AvgIpc) is 2.76. The fraction of sp³-hybridized carbons (Fsp3) is 0.583. The van der Waals surface area contributed by atoms with Crippen LogP contribution >= 0.6 is 11.3 Å². The lowest BCUT2D eigenvalue weighted by Crippen LogP contribution is -2.39. The van der Waals surface area contributed by atoms with E-state index in [1.54, 1.807) is 17.2 Å². The number of carbonyl (C=O) groups excluding carboxylic acids is 1. The highest BCUT2D eigenvalue weighted by Crippen LogP contribution is 2.42. The Bertz CT molecular complexity index is 562. The molecule has 1 amide bonds. The maximum atomic E-state index is 12.2. The molecule has 100 valence electrons. The number of hydrogen-bond donors (Lipinski definition) is 0. The van der Waals surface area contributed by atoms with Crippen LogP contribution in [0.1, 0.15) is 38.8 Å². The summed E-state index contributed by atoms with van der Waals surface area (Å²) >= 11 is 1.25. The van der Waals surface area contributed by atoms with E-state index in [0.717, 1.165) is 5.56 Å². The van der Waals surface area contributed by atoms with Gasteiger partial charge in [0.25, 0.3) is 0 Å². The zero-order valence-corrected chi connectivity index (χ0v) is 12.3. The van der Waals surface area contributed by atoms with E-state index in [4.69, 9.17) is 0 Å². The van der Waals surface area contributed by atoms with Crippen molar-refractivity contribution in [1.82, 2.24) is 4.90 Å². The molecule has 1 aromatic rings. The number of hydrogen-bond acceptors (Lipinski definition) is 4. The number of fused-ring (bicyclic) bond motifs is 1. The monoisotopic (exact) mass is 287 g/mol. The van der Waals surface area contributed by atoms with Gasteiger partial charge in [-0.05, 0) is 31.7 Å². The van der Waals surface area contributed by atoms with Gasteiger partial charge in [0.15, 0.2) is 9.84 Å². The summed E-state index contributed by atoms with van der Waals surface area (Å²) in [4.78, 5) is 13.4. The zero-order valence-electron chi connectivity index (χ0n) is 10.7. The van der Waals surface area contributed by atoms with Gasteiger partial charge < -0.3 is 4.90 Å². The molecule has 1 aromatic heterocycles. The van der Waals surface area contributed by atoms with Gasteiger partial charge in [-0.3, -0.25) is 4.79 Å². The predicted octanol–water partition coefficient (Wildman–Crippen LogP) is 2.22. The Balaban J connectivity index is 2.52. The topological polar surface area (TPSA) is 54.5 Å². The molecule has 0 unspecified atom stereocenters. The second kappa shape index (κ2) is 4.66. The Morgan fingerprint density at radius 2 is 2.22 bits per heavy atom. The molecule has 1 aliphatic rings. The van der Waals surface area contributed by atoms with Gasteiger partial charge in [0.05, 0.1) is 11.3 Å². The molecule has 0 radical (unpaired) electrons. The van der Waals surface area contributed by atoms with Gasteiger partial charge in [0.2, 0.25) is 5.91 Å². The first-order chi connectivity index (χ1) is 8.39. The van der Waals surface area contributed by atoms with Crippen molar-refractivity contribution < 1.29 is 13.2 Å². The highest BCUT2D eigenvalue weighted by molar-refractivity contribution is 7.94. The summed E-state index contributed by atoms with van der Waals surface area (Å²) in [6.45, 7) is 5.77. The first kappa shape index (κ1) is 13.5. The summed E-state index contributed by atoms with van der Waals surface area (Å²) in [5.41, 5.74) is 0.787. The summed E-state index contributed by atoms with van der Waals surface area (Å²) in [5, 5.41) is 1.36. The minimum absolute atomic E-state index is 0.00820. The van der Waals surface area contributed by atoms with Gasteiger partial charge in [0.1, 0.15) is 4.21 Å². The van der Waals surface area contributed by atoms with Crippen molar-refractivity contribution >= 4 is 27.1 Å². The van der Waals surface area contributed by atoms with Crippen LogP contribution in [-0.4, -0.2) is 31.0 Å². The van der Waals surface area contributed by atoms with Crippen LogP contribution in [0.15, 0.2) is 15.7 Å². The Labute approximate surface area is 112 Å². The normalized spacial score (nSPS) is 25.5. The minimum atomic E-state index is -3.20. The van der Waals surface area contributed by atoms with Crippen molar-refractivity contribution in [3.05, 3.63) is 17.0 Å². The molecule has 0 aliphatic carbocycles. The lowest BCUT2D eigenvalue weighted by Gasteiger charge is -2.35. The van der Waals surface area contributed by atoms with Crippen LogP contribution in [-0.2, 0) is 14.6 Å². The SMILES string of the molecule is CCN(C(C)=O)[C@H]1C[C@H](C)S(=O)(=O)c2sccc21. The number of rotatable bonds is 2. The maximum absolute atomic E-state index is 12.2. The molecule has 18 heavy (non-hydrogen) atoms. The molecule has 0 fully saturated rings. The summed E-state index contributed by atoms with van der Waals surface area (Å²) in [5.74, 6) is -0.00820.